The number of benzene rings is 3. The van der Waals surface area contributed by atoms with Gasteiger partial charge in [0.15, 0.2) is 0 Å². The number of methoxy groups -OCH3 is 1. The van der Waals surface area contributed by atoms with Gasteiger partial charge in [0.25, 0.3) is 0 Å². The third kappa shape index (κ3) is 6.96. The molecule has 0 aliphatic rings. The van der Waals surface area contributed by atoms with Gasteiger partial charge in [0.1, 0.15) is 5.75 Å². The molecule has 0 atom stereocenters. The summed E-state index contributed by atoms with van der Waals surface area (Å²) in [6.07, 6.45) is 3.05. The fourth-order valence-corrected chi connectivity index (χ4v) is 3.95. The van der Waals surface area contributed by atoms with E-state index < -0.39 is 0 Å². The van der Waals surface area contributed by atoms with Crippen LogP contribution in [0.25, 0.3) is 0 Å². The third-order valence-corrected chi connectivity index (χ3v) is 5.83. The minimum atomic E-state index is 0.131. The van der Waals surface area contributed by atoms with E-state index in [0.29, 0.717) is 26.1 Å². The third-order valence-electron chi connectivity index (χ3n) is 5.83. The maximum Gasteiger partial charge on any atom is 0.222 e. The Morgan fingerprint density at radius 3 is 2.00 bits per heavy atom. The van der Waals surface area contributed by atoms with E-state index in [1.54, 1.807) is 7.11 Å². The summed E-state index contributed by atoms with van der Waals surface area (Å²) in [5, 5.41) is 0. The molecule has 0 aliphatic heterocycles. The summed E-state index contributed by atoms with van der Waals surface area (Å²) in [4.78, 5) is 15.2. The molecule has 3 aromatic carbocycles. The number of nitrogens with zero attached hydrogens (tertiary/aromatic N) is 1. The zero-order chi connectivity index (χ0) is 22.6. The van der Waals surface area contributed by atoms with Crippen LogP contribution in [0.4, 0.5) is 0 Å². The summed E-state index contributed by atoms with van der Waals surface area (Å²) in [7, 11) is 1.67. The summed E-state index contributed by atoms with van der Waals surface area (Å²) >= 11 is 0. The first kappa shape index (κ1) is 23.6. The van der Waals surface area contributed by atoms with Crippen molar-refractivity contribution in [2.24, 2.45) is 5.73 Å². The maximum absolute atomic E-state index is 13.2. The predicted molar refractivity (Wildman–Crippen MR) is 131 cm³/mol. The van der Waals surface area contributed by atoms with E-state index in [4.69, 9.17) is 10.5 Å². The largest absolute Gasteiger partial charge is 0.497 e. The van der Waals surface area contributed by atoms with Crippen molar-refractivity contribution in [2.45, 2.75) is 31.6 Å². The molecule has 1 amide bonds. The number of nitrogens with two attached hydrogens (primary N) is 1. The van der Waals surface area contributed by atoms with Gasteiger partial charge < -0.3 is 15.4 Å². The highest BCUT2D eigenvalue weighted by Crippen LogP contribution is 2.26. The van der Waals surface area contributed by atoms with Gasteiger partial charge in [-0.15, -0.1) is 0 Å². The Hall–Kier alpha value is -3.11. The first-order valence-corrected chi connectivity index (χ1v) is 11.4. The van der Waals surface area contributed by atoms with E-state index in [-0.39, 0.29) is 11.8 Å². The summed E-state index contributed by atoms with van der Waals surface area (Å²) in [6, 6.07) is 29.0. The average Bonchev–Trinajstić information content (AvgIpc) is 2.85. The van der Waals surface area contributed by atoms with Gasteiger partial charge in [-0.2, -0.15) is 0 Å². The van der Waals surface area contributed by atoms with Gasteiger partial charge in [-0.05, 0) is 54.6 Å². The van der Waals surface area contributed by atoms with Gasteiger partial charge >= 0.3 is 0 Å². The highest BCUT2D eigenvalue weighted by Gasteiger charge is 2.21. The first-order valence-electron chi connectivity index (χ1n) is 11.4. The Morgan fingerprint density at radius 2 is 1.47 bits per heavy atom. The molecule has 0 bridgehead atoms. The second kappa shape index (κ2) is 12.7. The highest BCUT2D eigenvalue weighted by atomic mass is 16.5. The molecule has 0 unspecified atom stereocenters. The number of carbonyl (C=O) groups is 1. The SMILES string of the molecule is COc1ccc(CCN(CC(c2ccccc2)c2ccccc2)C(=O)CCCCN)cc1. The van der Waals surface area contributed by atoms with Crippen molar-refractivity contribution in [1.29, 1.82) is 0 Å². The van der Waals surface area contributed by atoms with Gasteiger partial charge in [-0.25, -0.2) is 0 Å². The summed E-state index contributed by atoms with van der Waals surface area (Å²) in [5.41, 5.74) is 9.29. The van der Waals surface area contributed by atoms with Gasteiger partial charge in [-0.1, -0.05) is 72.8 Å². The van der Waals surface area contributed by atoms with Crippen molar-refractivity contribution in [2.75, 3.05) is 26.7 Å². The number of amides is 1. The molecule has 4 heteroatoms. The Labute approximate surface area is 192 Å². The number of carbonyl (C=O) groups excluding carboxylic acids is 1. The Bertz CT molecular complexity index is 887. The van der Waals surface area contributed by atoms with Crippen LogP contribution in [-0.4, -0.2) is 37.6 Å². The molecule has 0 saturated carbocycles. The van der Waals surface area contributed by atoms with Crippen LogP contribution in [0.2, 0.25) is 0 Å². The van der Waals surface area contributed by atoms with E-state index in [9.17, 15) is 4.79 Å². The molecule has 3 aromatic rings. The van der Waals surface area contributed by atoms with Crippen molar-refractivity contribution in [3.05, 3.63) is 102 Å². The number of hydrogen-bond donors (Lipinski definition) is 1. The Morgan fingerprint density at radius 1 is 0.875 bits per heavy atom. The molecule has 32 heavy (non-hydrogen) atoms. The van der Waals surface area contributed by atoms with Crippen LogP contribution in [0.3, 0.4) is 0 Å². The van der Waals surface area contributed by atoms with Crippen LogP contribution >= 0.6 is 0 Å². The Kier molecular flexibility index (Phi) is 9.33. The van der Waals surface area contributed by atoms with Crippen LogP contribution in [0.5, 0.6) is 5.75 Å². The molecule has 3 rings (SSSR count). The molecule has 0 spiro atoms. The van der Waals surface area contributed by atoms with Gasteiger partial charge in [0, 0.05) is 25.4 Å². The lowest BCUT2D eigenvalue weighted by Gasteiger charge is -2.29. The van der Waals surface area contributed by atoms with Crippen molar-refractivity contribution < 1.29 is 9.53 Å². The molecular formula is C28H34N2O2. The summed E-state index contributed by atoms with van der Waals surface area (Å²) in [5.74, 6) is 1.17. The zero-order valence-corrected chi connectivity index (χ0v) is 19.0. The van der Waals surface area contributed by atoms with Crippen molar-refractivity contribution >= 4 is 5.91 Å². The lowest BCUT2D eigenvalue weighted by molar-refractivity contribution is -0.131. The maximum atomic E-state index is 13.2. The standard InChI is InChI=1S/C28H34N2O2/c1-32-26-17-15-23(16-18-26)19-21-30(28(31)14-8-9-20-29)22-27(24-10-4-2-5-11-24)25-12-6-3-7-13-25/h2-7,10-13,15-18,27H,8-9,14,19-22,29H2,1H3. The van der Waals surface area contributed by atoms with Crippen molar-refractivity contribution in [3.8, 4) is 5.75 Å². The minimum Gasteiger partial charge on any atom is -0.497 e. The fourth-order valence-electron chi connectivity index (χ4n) is 3.95. The van der Waals surface area contributed by atoms with Crippen LogP contribution in [-0.2, 0) is 11.2 Å². The van der Waals surface area contributed by atoms with E-state index in [1.165, 1.54) is 16.7 Å². The minimum absolute atomic E-state index is 0.131. The number of rotatable bonds is 12. The molecule has 4 nitrogen and oxygen atoms in total. The molecule has 0 aromatic heterocycles. The van der Waals surface area contributed by atoms with E-state index in [0.717, 1.165) is 25.0 Å². The second-order valence-electron chi connectivity index (χ2n) is 8.06. The van der Waals surface area contributed by atoms with Gasteiger partial charge in [0.2, 0.25) is 5.91 Å². The number of hydrogen-bond acceptors (Lipinski definition) is 3. The number of unbranched alkanes of at least 4 members (excludes halogenated alkanes) is 1. The molecule has 0 heterocycles. The first-order chi connectivity index (χ1) is 15.7. The number of ether oxygens (including phenoxy) is 1. The zero-order valence-electron chi connectivity index (χ0n) is 19.0. The molecular weight excluding hydrogens is 396 g/mol. The summed E-state index contributed by atoms with van der Waals surface area (Å²) in [6.45, 7) is 1.96. The predicted octanol–water partition coefficient (Wildman–Crippen LogP) is 5.03. The van der Waals surface area contributed by atoms with Crippen LogP contribution in [0.15, 0.2) is 84.9 Å². The normalized spacial score (nSPS) is 10.8. The van der Waals surface area contributed by atoms with Crippen LogP contribution < -0.4 is 10.5 Å². The van der Waals surface area contributed by atoms with Gasteiger partial charge in [0.05, 0.1) is 7.11 Å². The van der Waals surface area contributed by atoms with Gasteiger partial charge in [-0.3, -0.25) is 4.79 Å². The van der Waals surface area contributed by atoms with Crippen LogP contribution in [0, 0.1) is 0 Å². The fraction of sp³-hybridized carbons (Fsp3) is 0.321. The summed E-state index contributed by atoms with van der Waals surface area (Å²) < 4.78 is 5.26. The quantitative estimate of drug-likeness (QED) is 0.410. The Balaban J connectivity index is 1.80. The smallest absolute Gasteiger partial charge is 0.222 e. The molecule has 0 radical (unpaired) electrons. The van der Waals surface area contributed by atoms with E-state index in [2.05, 4.69) is 60.7 Å². The van der Waals surface area contributed by atoms with Crippen molar-refractivity contribution in [1.82, 2.24) is 4.90 Å². The molecule has 0 fully saturated rings. The topological polar surface area (TPSA) is 55.6 Å². The monoisotopic (exact) mass is 430 g/mol. The second-order valence-corrected chi connectivity index (χ2v) is 8.06. The highest BCUT2D eigenvalue weighted by molar-refractivity contribution is 5.76. The average molecular weight is 431 g/mol. The lowest BCUT2D eigenvalue weighted by Crippen LogP contribution is -2.36. The lowest BCUT2D eigenvalue weighted by atomic mass is 9.90. The molecule has 168 valence electrons. The molecule has 0 aliphatic carbocycles. The molecule has 2 N–H and O–H groups in total. The van der Waals surface area contributed by atoms with E-state index >= 15 is 0 Å². The van der Waals surface area contributed by atoms with E-state index in [1.807, 2.05) is 29.2 Å². The van der Waals surface area contributed by atoms with Crippen molar-refractivity contribution in [3.63, 3.8) is 0 Å². The molecule has 0 saturated heterocycles. The van der Waals surface area contributed by atoms with Crippen LogP contribution in [0.1, 0.15) is 41.9 Å².